The van der Waals surface area contributed by atoms with Gasteiger partial charge in [-0.2, -0.15) is 0 Å². The molecule has 2 aromatic carbocycles. The average Bonchev–Trinajstić information content (AvgIpc) is 3.48. The first kappa shape index (κ1) is 21.7. The molecular formula is C24H21N5O5. The molecule has 3 N–H and O–H groups in total. The van der Waals surface area contributed by atoms with Crippen molar-refractivity contribution in [2.75, 3.05) is 12.3 Å². The monoisotopic (exact) mass is 459 g/mol. The van der Waals surface area contributed by atoms with E-state index in [0.717, 1.165) is 0 Å². The van der Waals surface area contributed by atoms with Gasteiger partial charge in [0, 0.05) is 17.5 Å². The molecule has 3 atom stereocenters. The molecule has 10 nitrogen and oxygen atoms in total. The van der Waals surface area contributed by atoms with Crippen LogP contribution in [0.25, 0.3) is 11.2 Å². The van der Waals surface area contributed by atoms with Crippen LogP contribution >= 0.6 is 0 Å². The number of imidazole rings is 1. The Balaban J connectivity index is 1.38. The molecule has 1 saturated heterocycles. The minimum atomic E-state index is -0.762. The van der Waals surface area contributed by atoms with E-state index in [2.05, 4.69) is 15.0 Å². The zero-order valence-corrected chi connectivity index (χ0v) is 17.9. The highest BCUT2D eigenvalue weighted by Crippen LogP contribution is 2.33. The normalized spacial score (nSPS) is 19.9. The second kappa shape index (κ2) is 9.00. The smallest absolute Gasteiger partial charge is 0.339 e. The van der Waals surface area contributed by atoms with Gasteiger partial charge in [0.05, 0.1) is 18.5 Å². The number of fused-ring (bicyclic) bond motifs is 1. The zero-order chi connectivity index (χ0) is 23.7. The Kier molecular flexibility index (Phi) is 5.74. The van der Waals surface area contributed by atoms with Crippen molar-refractivity contribution in [3.63, 3.8) is 0 Å². The van der Waals surface area contributed by atoms with Crippen molar-refractivity contribution < 1.29 is 24.2 Å². The highest BCUT2D eigenvalue weighted by Gasteiger charge is 2.39. The molecule has 0 aliphatic carbocycles. The molecule has 0 bridgehead atoms. The number of esters is 1. The molecule has 4 aromatic rings. The summed E-state index contributed by atoms with van der Waals surface area (Å²) >= 11 is 0. The molecule has 172 valence electrons. The summed E-state index contributed by atoms with van der Waals surface area (Å²) in [5.74, 6) is -0.715. The number of carbonyl (C=O) groups excluding carboxylic acids is 2. The van der Waals surface area contributed by atoms with Crippen LogP contribution < -0.4 is 5.73 Å². The number of nitrogen functional groups attached to an aromatic ring is 1. The lowest BCUT2D eigenvalue weighted by atomic mass is 9.98. The number of anilines is 1. The van der Waals surface area contributed by atoms with Gasteiger partial charge in [0.25, 0.3) is 0 Å². The number of ether oxygens (including phenoxy) is 2. The number of hydrogen-bond donors (Lipinski definition) is 2. The Morgan fingerprint density at radius 3 is 2.56 bits per heavy atom. The molecule has 3 heterocycles. The average molecular weight is 459 g/mol. The van der Waals surface area contributed by atoms with Crippen LogP contribution in [0.5, 0.6) is 0 Å². The van der Waals surface area contributed by atoms with Gasteiger partial charge >= 0.3 is 5.97 Å². The van der Waals surface area contributed by atoms with E-state index in [9.17, 15) is 14.7 Å². The number of nitrogens with zero attached hydrogens (tertiary/aromatic N) is 4. The fraction of sp³-hybridized carbons (Fsp3) is 0.208. The Morgan fingerprint density at radius 1 is 1.06 bits per heavy atom. The van der Waals surface area contributed by atoms with Crippen LogP contribution in [0.2, 0.25) is 0 Å². The molecule has 0 spiro atoms. The lowest BCUT2D eigenvalue weighted by Gasteiger charge is -2.17. The molecule has 1 aliphatic heterocycles. The predicted molar refractivity (Wildman–Crippen MR) is 121 cm³/mol. The van der Waals surface area contributed by atoms with Gasteiger partial charge < -0.3 is 20.3 Å². The summed E-state index contributed by atoms with van der Waals surface area (Å²) in [7, 11) is 0. The SMILES string of the molecule is Nc1ncnc2c1ncn2[C@H]1CC(OC(=O)c2ccccc2C(=O)c2ccccc2)[C@@H](CO)O1. The third-order valence-corrected chi connectivity index (χ3v) is 5.74. The van der Waals surface area contributed by atoms with Crippen molar-refractivity contribution in [2.24, 2.45) is 0 Å². The molecule has 5 rings (SSSR count). The minimum Gasteiger partial charge on any atom is -0.456 e. The van der Waals surface area contributed by atoms with Crippen LogP contribution in [0.3, 0.4) is 0 Å². The van der Waals surface area contributed by atoms with E-state index < -0.39 is 24.4 Å². The van der Waals surface area contributed by atoms with Crippen LogP contribution in [-0.2, 0) is 9.47 Å². The molecular weight excluding hydrogens is 438 g/mol. The van der Waals surface area contributed by atoms with Gasteiger partial charge in [0.1, 0.15) is 30.3 Å². The van der Waals surface area contributed by atoms with Crippen LogP contribution in [0.15, 0.2) is 67.3 Å². The Labute approximate surface area is 194 Å². The molecule has 0 amide bonds. The van der Waals surface area contributed by atoms with Crippen molar-refractivity contribution in [3.05, 3.63) is 83.9 Å². The lowest BCUT2D eigenvalue weighted by molar-refractivity contribution is -0.0500. The largest absolute Gasteiger partial charge is 0.456 e. The van der Waals surface area contributed by atoms with E-state index in [1.807, 2.05) is 6.07 Å². The number of aliphatic hydroxyl groups excluding tert-OH is 1. The summed E-state index contributed by atoms with van der Waals surface area (Å²) in [6.45, 7) is -0.358. The maximum atomic E-state index is 13.1. The molecule has 10 heteroatoms. The molecule has 34 heavy (non-hydrogen) atoms. The molecule has 1 fully saturated rings. The first-order valence-corrected chi connectivity index (χ1v) is 10.7. The predicted octanol–water partition coefficient (Wildman–Crippen LogP) is 2.14. The topological polar surface area (TPSA) is 142 Å². The van der Waals surface area contributed by atoms with Crippen molar-refractivity contribution in [2.45, 2.75) is 24.9 Å². The minimum absolute atomic E-state index is 0.144. The summed E-state index contributed by atoms with van der Waals surface area (Å²) < 4.78 is 13.3. The van der Waals surface area contributed by atoms with E-state index in [4.69, 9.17) is 15.2 Å². The highest BCUT2D eigenvalue weighted by molar-refractivity contribution is 6.14. The van der Waals surface area contributed by atoms with Crippen molar-refractivity contribution in [3.8, 4) is 0 Å². The molecule has 0 radical (unpaired) electrons. The number of carbonyl (C=O) groups is 2. The summed E-state index contributed by atoms with van der Waals surface area (Å²) in [6, 6.07) is 15.2. The van der Waals surface area contributed by atoms with Gasteiger partial charge in [0.15, 0.2) is 17.2 Å². The third kappa shape index (κ3) is 3.89. The van der Waals surface area contributed by atoms with Crippen LogP contribution in [0, 0.1) is 0 Å². The molecule has 2 aromatic heterocycles. The quantitative estimate of drug-likeness (QED) is 0.327. The van der Waals surface area contributed by atoms with Gasteiger partial charge in [-0.1, -0.05) is 48.5 Å². The molecule has 1 unspecified atom stereocenters. The van der Waals surface area contributed by atoms with Gasteiger partial charge in [-0.15, -0.1) is 0 Å². The number of benzene rings is 2. The lowest BCUT2D eigenvalue weighted by Crippen LogP contribution is -2.30. The summed E-state index contributed by atoms with van der Waals surface area (Å²) in [5.41, 5.74) is 7.61. The number of rotatable bonds is 6. The number of ketones is 1. The Morgan fingerprint density at radius 2 is 1.79 bits per heavy atom. The Bertz CT molecular complexity index is 1360. The van der Waals surface area contributed by atoms with Crippen LogP contribution in [-0.4, -0.2) is 55.2 Å². The van der Waals surface area contributed by atoms with Gasteiger partial charge in [0.2, 0.25) is 0 Å². The fourth-order valence-corrected chi connectivity index (χ4v) is 4.05. The van der Waals surface area contributed by atoms with Crippen molar-refractivity contribution >= 4 is 28.7 Å². The van der Waals surface area contributed by atoms with Gasteiger partial charge in [-0.25, -0.2) is 19.7 Å². The highest BCUT2D eigenvalue weighted by atomic mass is 16.6. The number of nitrogens with two attached hydrogens (primary N) is 1. The molecule has 0 saturated carbocycles. The first-order chi connectivity index (χ1) is 16.6. The second-order valence-corrected chi connectivity index (χ2v) is 7.81. The van der Waals surface area contributed by atoms with Gasteiger partial charge in [-0.3, -0.25) is 9.36 Å². The first-order valence-electron chi connectivity index (χ1n) is 10.7. The van der Waals surface area contributed by atoms with E-state index in [1.54, 1.807) is 53.1 Å². The molecule has 1 aliphatic rings. The zero-order valence-electron chi connectivity index (χ0n) is 17.9. The summed E-state index contributed by atoms with van der Waals surface area (Å²) in [6.07, 6.45) is 0.998. The van der Waals surface area contributed by atoms with Crippen LogP contribution in [0.4, 0.5) is 5.82 Å². The van der Waals surface area contributed by atoms with E-state index >= 15 is 0 Å². The van der Waals surface area contributed by atoms with Crippen LogP contribution in [0.1, 0.15) is 38.9 Å². The Hall–Kier alpha value is -4.15. The van der Waals surface area contributed by atoms with Crippen molar-refractivity contribution in [1.82, 2.24) is 19.5 Å². The van der Waals surface area contributed by atoms with Gasteiger partial charge in [-0.05, 0) is 6.07 Å². The number of aromatic nitrogens is 4. The van der Waals surface area contributed by atoms with E-state index in [0.29, 0.717) is 16.7 Å². The summed E-state index contributed by atoms with van der Waals surface area (Å²) in [4.78, 5) is 38.5. The maximum Gasteiger partial charge on any atom is 0.339 e. The number of hydrogen-bond acceptors (Lipinski definition) is 9. The van der Waals surface area contributed by atoms with Crippen molar-refractivity contribution in [1.29, 1.82) is 0 Å². The van der Waals surface area contributed by atoms with E-state index in [-0.39, 0.29) is 35.8 Å². The van der Waals surface area contributed by atoms with E-state index in [1.165, 1.54) is 12.7 Å². The number of aliphatic hydroxyl groups is 1. The fourth-order valence-electron chi connectivity index (χ4n) is 4.05. The summed E-state index contributed by atoms with van der Waals surface area (Å²) in [5, 5.41) is 9.84. The second-order valence-electron chi connectivity index (χ2n) is 7.81. The standard InChI is InChI=1S/C24H21N5O5/c25-22-20-23(27-12-26-22)29(13-28-20)19-10-17(18(11-30)33-19)34-24(32)16-9-5-4-8-15(16)21(31)14-6-2-1-3-7-14/h1-9,12-13,17-19,30H,10-11H2,(H2,25,26,27)/t17?,18-,19-/m1/s1. The third-order valence-electron chi connectivity index (χ3n) is 5.74. The maximum absolute atomic E-state index is 13.1.